The average molecular weight is 305 g/mol. The van der Waals surface area contributed by atoms with Crippen LogP contribution in [0, 0.1) is 16.0 Å². The largest absolute Gasteiger partial charge is 0.502 e. The van der Waals surface area contributed by atoms with Gasteiger partial charge >= 0.3 is 5.69 Å². The lowest BCUT2D eigenvalue weighted by Gasteiger charge is -2.20. The Balaban J connectivity index is 0.00000361. The summed E-state index contributed by atoms with van der Waals surface area (Å²) in [4.78, 5) is 10.0. The van der Waals surface area contributed by atoms with Crippen LogP contribution in [0.2, 0.25) is 0 Å². The van der Waals surface area contributed by atoms with Gasteiger partial charge in [-0.1, -0.05) is 19.9 Å². The number of nitro groups is 1. The second-order valence-electron chi connectivity index (χ2n) is 5.07. The highest BCUT2D eigenvalue weighted by Crippen LogP contribution is 2.29. The van der Waals surface area contributed by atoms with Crippen LogP contribution < -0.4 is 5.73 Å². The first-order valence-electron chi connectivity index (χ1n) is 6.24. The number of phenolic OH excluding ortho intramolecular Hbond substituents is 1. The molecule has 0 amide bonds. The lowest BCUT2D eigenvalue weighted by atomic mass is 9.95. The normalized spacial score (nSPS) is 13.7. The van der Waals surface area contributed by atoms with Crippen LogP contribution in [-0.2, 0) is 0 Å². The van der Waals surface area contributed by atoms with Crippen LogP contribution >= 0.6 is 12.4 Å². The van der Waals surface area contributed by atoms with Gasteiger partial charge in [0.05, 0.1) is 17.1 Å². The van der Waals surface area contributed by atoms with Gasteiger partial charge in [0.15, 0.2) is 5.75 Å². The van der Waals surface area contributed by atoms with E-state index in [2.05, 4.69) is 0 Å². The summed E-state index contributed by atoms with van der Waals surface area (Å²) in [6, 6.07) is 3.23. The van der Waals surface area contributed by atoms with Gasteiger partial charge in [-0.15, -0.1) is 12.4 Å². The van der Waals surface area contributed by atoms with Crippen molar-refractivity contribution in [1.29, 1.82) is 0 Å². The van der Waals surface area contributed by atoms with Crippen molar-refractivity contribution in [2.75, 3.05) is 0 Å². The fourth-order valence-corrected chi connectivity index (χ4v) is 1.80. The van der Waals surface area contributed by atoms with Gasteiger partial charge in [-0.2, -0.15) is 0 Å². The lowest BCUT2D eigenvalue weighted by molar-refractivity contribution is -0.385. The zero-order valence-corrected chi connectivity index (χ0v) is 12.3. The number of aliphatic hydroxyl groups is 1. The van der Waals surface area contributed by atoms with Crippen molar-refractivity contribution in [2.45, 2.75) is 38.8 Å². The molecular formula is C13H21ClN2O4. The standard InChI is InChI=1S/C13H20N2O4.ClH/c1-8(2)3-5-12(17)13(14)9-4-6-11(16)10(7-9)15(18)19;/h4,6-8,12-13,16-17H,3,5,14H2,1-2H3;1H/t12-,13+;/m0./s1. The number of benzene rings is 1. The molecule has 0 saturated heterocycles. The Morgan fingerprint density at radius 2 is 1.95 bits per heavy atom. The molecule has 0 aliphatic carbocycles. The Kier molecular flexibility index (Phi) is 7.49. The Labute approximate surface area is 124 Å². The molecule has 114 valence electrons. The summed E-state index contributed by atoms with van der Waals surface area (Å²) in [5.74, 6) is 0.0497. The molecule has 0 fully saturated rings. The van der Waals surface area contributed by atoms with Crippen molar-refractivity contribution in [3.63, 3.8) is 0 Å². The zero-order valence-electron chi connectivity index (χ0n) is 11.5. The summed E-state index contributed by atoms with van der Waals surface area (Å²) in [5.41, 5.74) is 5.94. The molecule has 0 spiro atoms. The Hall–Kier alpha value is -1.37. The topological polar surface area (TPSA) is 110 Å². The van der Waals surface area contributed by atoms with Crippen molar-refractivity contribution in [2.24, 2.45) is 11.7 Å². The third-order valence-electron chi connectivity index (χ3n) is 3.04. The summed E-state index contributed by atoms with van der Waals surface area (Å²) in [5, 5.41) is 30.0. The quantitative estimate of drug-likeness (QED) is 0.552. The van der Waals surface area contributed by atoms with E-state index in [4.69, 9.17) is 5.73 Å². The van der Waals surface area contributed by atoms with Crippen molar-refractivity contribution in [3.05, 3.63) is 33.9 Å². The first-order valence-corrected chi connectivity index (χ1v) is 6.24. The van der Waals surface area contributed by atoms with E-state index in [0.29, 0.717) is 17.9 Å². The molecular weight excluding hydrogens is 284 g/mol. The van der Waals surface area contributed by atoms with E-state index >= 15 is 0 Å². The highest BCUT2D eigenvalue weighted by atomic mass is 35.5. The van der Waals surface area contributed by atoms with Gasteiger partial charge in [0.1, 0.15) is 0 Å². The molecule has 0 unspecified atom stereocenters. The Morgan fingerprint density at radius 1 is 1.35 bits per heavy atom. The molecule has 1 aromatic carbocycles. The van der Waals surface area contributed by atoms with E-state index in [0.717, 1.165) is 6.42 Å². The summed E-state index contributed by atoms with van der Waals surface area (Å²) in [7, 11) is 0. The number of hydrogen-bond acceptors (Lipinski definition) is 5. The summed E-state index contributed by atoms with van der Waals surface area (Å²) >= 11 is 0. The summed E-state index contributed by atoms with van der Waals surface area (Å²) < 4.78 is 0. The van der Waals surface area contributed by atoms with Crippen molar-refractivity contribution in [3.8, 4) is 5.75 Å². The molecule has 0 radical (unpaired) electrons. The smallest absolute Gasteiger partial charge is 0.311 e. The minimum Gasteiger partial charge on any atom is -0.502 e. The van der Waals surface area contributed by atoms with Gasteiger partial charge in [-0.3, -0.25) is 10.1 Å². The third-order valence-corrected chi connectivity index (χ3v) is 3.04. The second-order valence-corrected chi connectivity index (χ2v) is 5.07. The first kappa shape index (κ1) is 18.6. The van der Waals surface area contributed by atoms with E-state index in [9.17, 15) is 20.3 Å². The van der Waals surface area contributed by atoms with Gasteiger partial charge in [-0.25, -0.2) is 0 Å². The predicted molar refractivity (Wildman–Crippen MR) is 79.0 cm³/mol. The Bertz CT molecular complexity index is 454. The fraction of sp³-hybridized carbons (Fsp3) is 0.538. The van der Waals surface area contributed by atoms with Gasteiger partial charge in [0.25, 0.3) is 0 Å². The number of phenols is 1. The molecule has 4 N–H and O–H groups in total. The number of nitrogens with zero attached hydrogens (tertiary/aromatic N) is 1. The lowest BCUT2D eigenvalue weighted by Crippen LogP contribution is -2.26. The van der Waals surface area contributed by atoms with E-state index in [1.807, 2.05) is 13.8 Å². The minimum atomic E-state index is -0.758. The zero-order chi connectivity index (χ0) is 14.6. The minimum absolute atomic E-state index is 0. The second kappa shape index (κ2) is 8.04. The van der Waals surface area contributed by atoms with Crippen LogP contribution in [0.4, 0.5) is 5.69 Å². The molecule has 20 heavy (non-hydrogen) atoms. The third kappa shape index (κ3) is 4.96. The number of aromatic hydroxyl groups is 1. The molecule has 6 nitrogen and oxygen atoms in total. The maximum absolute atomic E-state index is 10.7. The van der Waals surface area contributed by atoms with E-state index < -0.39 is 28.5 Å². The van der Waals surface area contributed by atoms with Crippen LogP contribution in [-0.4, -0.2) is 21.2 Å². The average Bonchev–Trinajstić information content (AvgIpc) is 2.35. The van der Waals surface area contributed by atoms with E-state index in [1.54, 1.807) is 0 Å². The van der Waals surface area contributed by atoms with Gasteiger partial charge in [0, 0.05) is 6.07 Å². The van der Waals surface area contributed by atoms with Gasteiger partial charge < -0.3 is 15.9 Å². The SMILES string of the molecule is CC(C)CC[C@H](O)[C@H](N)c1ccc(O)c([N+](=O)[O-])c1.Cl. The maximum Gasteiger partial charge on any atom is 0.311 e. The number of rotatable bonds is 6. The predicted octanol–water partition coefficient (Wildman–Crippen LogP) is 2.52. The van der Waals surface area contributed by atoms with Crippen LogP contribution in [0.1, 0.15) is 38.3 Å². The molecule has 0 aromatic heterocycles. The molecule has 1 aromatic rings. The van der Waals surface area contributed by atoms with Crippen LogP contribution in [0.5, 0.6) is 5.75 Å². The first-order chi connectivity index (χ1) is 8.82. The van der Waals surface area contributed by atoms with Crippen LogP contribution in [0.3, 0.4) is 0 Å². The molecule has 0 aliphatic heterocycles. The van der Waals surface area contributed by atoms with Crippen LogP contribution in [0.25, 0.3) is 0 Å². The molecule has 0 saturated carbocycles. The number of nitro benzene ring substituents is 1. The molecule has 2 atom stereocenters. The van der Waals surface area contributed by atoms with E-state index in [1.165, 1.54) is 18.2 Å². The van der Waals surface area contributed by atoms with Gasteiger partial charge in [0.2, 0.25) is 0 Å². The van der Waals surface area contributed by atoms with Crippen LogP contribution in [0.15, 0.2) is 18.2 Å². The Morgan fingerprint density at radius 3 is 2.45 bits per heavy atom. The summed E-state index contributed by atoms with van der Waals surface area (Å²) in [6.45, 7) is 4.09. The summed E-state index contributed by atoms with van der Waals surface area (Å²) in [6.07, 6.45) is 0.606. The number of hydrogen-bond donors (Lipinski definition) is 3. The molecule has 7 heteroatoms. The van der Waals surface area contributed by atoms with Crippen molar-refractivity contribution >= 4 is 18.1 Å². The highest BCUT2D eigenvalue weighted by molar-refractivity contribution is 5.85. The molecule has 0 bridgehead atoms. The monoisotopic (exact) mass is 304 g/mol. The van der Waals surface area contributed by atoms with Crippen molar-refractivity contribution < 1.29 is 15.1 Å². The van der Waals surface area contributed by atoms with E-state index in [-0.39, 0.29) is 12.4 Å². The highest BCUT2D eigenvalue weighted by Gasteiger charge is 2.21. The number of nitrogens with two attached hydrogens (primary N) is 1. The van der Waals surface area contributed by atoms with Gasteiger partial charge in [-0.05, 0) is 30.4 Å². The maximum atomic E-state index is 10.7. The molecule has 0 aliphatic rings. The van der Waals surface area contributed by atoms with Crippen molar-refractivity contribution in [1.82, 2.24) is 0 Å². The molecule has 1 rings (SSSR count). The molecule has 0 heterocycles. The number of halogens is 1. The number of aliphatic hydroxyl groups excluding tert-OH is 1. The fourth-order valence-electron chi connectivity index (χ4n) is 1.80.